The first-order valence-electron chi connectivity index (χ1n) is 5.62. The summed E-state index contributed by atoms with van der Waals surface area (Å²) in [5.41, 5.74) is 4.49. The molecule has 0 aliphatic rings. The topological polar surface area (TPSA) is 52.3 Å². The van der Waals surface area contributed by atoms with E-state index >= 15 is 0 Å². The van der Waals surface area contributed by atoms with Crippen molar-refractivity contribution in [1.29, 1.82) is 0 Å². The van der Waals surface area contributed by atoms with E-state index in [9.17, 15) is 4.79 Å². The van der Waals surface area contributed by atoms with E-state index in [-0.39, 0.29) is 0 Å². The summed E-state index contributed by atoms with van der Waals surface area (Å²) in [6.45, 7) is 3.82. The fourth-order valence-corrected chi connectivity index (χ4v) is 1.49. The van der Waals surface area contributed by atoms with Crippen molar-refractivity contribution in [3.63, 3.8) is 0 Å². The zero-order valence-corrected chi connectivity index (χ0v) is 9.90. The smallest absolute Gasteiger partial charge is 0.261 e. The third kappa shape index (κ3) is 3.26. The lowest BCUT2D eigenvalue weighted by Gasteiger charge is -2.27. The molecular formula is C13H19NO2. The molecule has 16 heavy (non-hydrogen) atoms. The Bertz CT molecular complexity index is 337. The van der Waals surface area contributed by atoms with E-state index in [0.717, 1.165) is 12.8 Å². The van der Waals surface area contributed by atoms with Gasteiger partial charge in [0.2, 0.25) is 0 Å². The number of unbranched alkanes of at least 4 members (excludes halogenated alkanes) is 1. The van der Waals surface area contributed by atoms with Crippen LogP contribution >= 0.6 is 0 Å². The van der Waals surface area contributed by atoms with Crippen LogP contribution in [0, 0.1) is 0 Å². The van der Waals surface area contributed by atoms with Gasteiger partial charge in [-0.1, -0.05) is 31.5 Å². The Labute approximate surface area is 96.6 Å². The lowest BCUT2D eigenvalue weighted by Crippen LogP contribution is -2.46. The van der Waals surface area contributed by atoms with E-state index in [0.29, 0.717) is 12.2 Å². The van der Waals surface area contributed by atoms with Gasteiger partial charge in [0.1, 0.15) is 5.75 Å². The normalized spacial score (nSPS) is 14.1. The van der Waals surface area contributed by atoms with Crippen molar-refractivity contribution in [3.05, 3.63) is 30.3 Å². The van der Waals surface area contributed by atoms with Gasteiger partial charge < -0.3 is 10.5 Å². The fraction of sp³-hybridized carbons (Fsp3) is 0.462. The SMILES string of the molecule is CCCCC(C)(Oc1ccccc1)C(N)=O. The molecule has 0 radical (unpaired) electrons. The molecular weight excluding hydrogens is 202 g/mol. The summed E-state index contributed by atoms with van der Waals surface area (Å²) in [7, 11) is 0. The Morgan fingerprint density at radius 2 is 2.00 bits per heavy atom. The lowest BCUT2D eigenvalue weighted by molar-refractivity contribution is -0.132. The van der Waals surface area contributed by atoms with Gasteiger partial charge in [-0.15, -0.1) is 0 Å². The van der Waals surface area contributed by atoms with Gasteiger partial charge >= 0.3 is 0 Å². The molecule has 1 atom stereocenters. The molecule has 1 rings (SSSR count). The van der Waals surface area contributed by atoms with Crippen molar-refractivity contribution in [3.8, 4) is 5.75 Å². The Hall–Kier alpha value is -1.51. The van der Waals surface area contributed by atoms with Gasteiger partial charge in [-0.3, -0.25) is 4.79 Å². The highest BCUT2D eigenvalue weighted by Crippen LogP contribution is 2.22. The minimum Gasteiger partial charge on any atom is -0.478 e. The maximum Gasteiger partial charge on any atom is 0.261 e. The van der Waals surface area contributed by atoms with E-state index in [1.807, 2.05) is 30.3 Å². The highest BCUT2D eigenvalue weighted by Gasteiger charge is 2.32. The summed E-state index contributed by atoms with van der Waals surface area (Å²) in [6, 6.07) is 9.30. The van der Waals surface area contributed by atoms with Gasteiger partial charge in [0.15, 0.2) is 5.60 Å². The van der Waals surface area contributed by atoms with Crippen LogP contribution in [0.1, 0.15) is 33.1 Å². The molecule has 1 unspecified atom stereocenters. The third-order valence-electron chi connectivity index (χ3n) is 2.61. The molecule has 3 nitrogen and oxygen atoms in total. The van der Waals surface area contributed by atoms with Gasteiger partial charge in [0.05, 0.1) is 0 Å². The summed E-state index contributed by atoms with van der Waals surface area (Å²) in [5, 5.41) is 0. The van der Waals surface area contributed by atoms with Crippen molar-refractivity contribution in [1.82, 2.24) is 0 Å². The monoisotopic (exact) mass is 221 g/mol. The molecule has 1 aromatic carbocycles. The first kappa shape index (κ1) is 12.6. The fourth-order valence-electron chi connectivity index (χ4n) is 1.49. The lowest BCUT2D eigenvalue weighted by atomic mass is 9.98. The van der Waals surface area contributed by atoms with Crippen molar-refractivity contribution in [2.24, 2.45) is 5.73 Å². The number of carbonyl (C=O) groups excluding carboxylic acids is 1. The van der Waals surface area contributed by atoms with Crippen LogP contribution in [0.3, 0.4) is 0 Å². The second-order valence-electron chi connectivity index (χ2n) is 4.11. The second kappa shape index (κ2) is 5.54. The first-order chi connectivity index (χ1) is 7.58. The van der Waals surface area contributed by atoms with Crippen LogP contribution in [0.15, 0.2) is 30.3 Å². The summed E-state index contributed by atoms with van der Waals surface area (Å²) in [6.07, 6.45) is 2.58. The predicted molar refractivity (Wildman–Crippen MR) is 64.2 cm³/mol. The summed E-state index contributed by atoms with van der Waals surface area (Å²) in [5.74, 6) is 0.268. The van der Waals surface area contributed by atoms with Gasteiger partial charge in [0.25, 0.3) is 5.91 Å². The number of hydrogen-bond donors (Lipinski definition) is 1. The summed E-state index contributed by atoms with van der Waals surface area (Å²) in [4.78, 5) is 11.4. The molecule has 0 heterocycles. The number of primary amides is 1. The largest absolute Gasteiger partial charge is 0.478 e. The molecule has 0 saturated carbocycles. The van der Waals surface area contributed by atoms with Crippen molar-refractivity contribution in [2.45, 2.75) is 38.7 Å². The number of amides is 1. The van der Waals surface area contributed by atoms with E-state index in [2.05, 4.69) is 6.92 Å². The molecule has 0 saturated heterocycles. The average molecular weight is 221 g/mol. The standard InChI is InChI=1S/C13H19NO2/c1-3-4-10-13(2,12(14)15)16-11-8-6-5-7-9-11/h5-9H,3-4,10H2,1-2H3,(H2,14,15). The number of hydrogen-bond acceptors (Lipinski definition) is 2. The van der Waals surface area contributed by atoms with Gasteiger partial charge in [-0.25, -0.2) is 0 Å². The summed E-state index contributed by atoms with van der Waals surface area (Å²) < 4.78 is 5.69. The Kier molecular flexibility index (Phi) is 4.35. The van der Waals surface area contributed by atoms with Gasteiger partial charge in [-0.2, -0.15) is 0 Å². The van der Waals surface area contributed by atoms with E-state index < -0.39 is 11.5 Å². The van der Waals surface area contributed by atoms with Crippen molar-refractivity contribution < 1.29 is 9.53 Å². The molecule has 0 fully saturated rings. The molecule has 2 N–H and O–H groups in total. The van der Waals surface area contributed by atoms with E-state index in [1.54, 1.807) is 6.92 Å². The van der Waals surface area contributed by atoms with Crippen molar-refractivity contribution >= 4 is 5.91 Å². The highest BCUT2D eigenvalue weighted by atomic mass is 16.5. The molecule has 3 heteroatoms. The molecule has 0 aromatic heterocycles. The zero-order chi connectivity index (χ0) is 12.0. The van der Waals surface area contributed by atoms with E-state index in [1.165, 1.54) is 0 Å². The number of para-hydroxylation sites is 1. The molecule has 1 amide bonds. The van der Waals surface area contributed by atoms with Crippen LogP contribution in [0.4, 0.5) is 0 Å². The van der Waals surface area contributed by atoms with Crippen LogP contribution in [-0.2, 0) is 4.79 Å². The van der Waals surface area contributed by atoms with Crippen LogP contribution in [0.25, 0.3) is 0 Å². The quantitative estimate of drug-likeness (QED) is 0.802. The van der Waals surface area contributed by atoms with Crippen LogP contribution in [-0.4, -0.2) is 11.5 Å². The van der Waals surface area contributed by atoms with Gasteiger partial charge in [-0.05, 0) is 31.9 Å². The third-order valence-corrected chi connectivity index (χ3v) is 2.61. The molecule has 0 aliphatic heterocycles. The molecule has 1 aromatic rings. The molecule has 0 aliphatic carbocycles. The van der Waals surface area contributed by atoms with Crippen LogP contribution in [0.2, 0.25) is 0 Å². The highest BCUT2D eigenvalue weighted by molar-refractivity contribution is 5.83. The maximum atomic E-state index is 11.4. The molecule has 88 valence electrons. The zero-order valence-electron chi connectivity index (χ0n) is 9.90. The first-order valence-corrected chi connectivity index (χ1v) is 5.62. The van der Waals surface area contributed by atoms with E-state index in [4.69, 9.17) is 10.5 Å². The number of ether oxygens (including phenoxy) is 1. The maximum absolute atomic E-state index is 11.4. The Morgan fingerprint density at radius 3 is 2.50 bits per heavy atom. The average Bonchev–Trinajstić information content (AvgIpc) is 2.27. The van der Waals surface area contributed by atoms with Crippen LogP contribution in [0.5, 0.6) is 5.75 Å². The van der Waals surface area contributed by atoms with Gasteiger partial charge in [0, 0.05) is 0 Å². The number of benzene rings is 1. The minimum absolute atomic E-state index is 0.412. The molecule has 0 bridgehead atoms. The Morgan fingerprint density at radius 1 is 1.38 bits per heavy atom. The van der Waals surface area contributed by atoms with Crippen LogP contribution < -0.4 is 10.5 Å². The summed E-state index contributed by atoms with van der Waals surface area (Å²) >= 11 is 0. The number of carbonyl (C=O) groups is 1. The Balaban J connectivity index is 2.75. The molecule has 0 spiro atoms. The number of nitrogens with two attached hydrogens (primary N) is 1. The minimum atomic E-state index is -0.905. The second-order valence-corrected chi connectivity index (χ2v) is 4.11. The predicted octanol–water partition coefficient (Wildman–Crippen LogP) is 2.50. The van der Waals surface area contributed by atoms with Crippen molar-refractivity contribution in [2.75, 3.05) is 0 Å². The number of rotatable bonds is 6.